The molecule has 1 atom stereocenters. The Morgan fingerprint density at radius 1 is 1.43 bits per heavy atom. The maximum atomic E-state index is 12.2. The molecule has 6 heteroatoms. The zero-order valence-electron chi connectivity index (χ0n) is 12.7. The van der Waals surface area contributed by atoms with Crippen LogP contribution in [0.25, 0.3) is 0 Å². The molecular weight excluding hydrogens is 288 g/mol. The van der Waals surface area contributed by atoms with Gasteiger partial charge in [0.1, 0.15) is 5.00 Å². The molecular formula is C15H22N2O3S. The zero-order chi connectivity index (χ0) is 15.4. The van der Waals surface area contributed by atoms with Crippen LogP contribution in [0.4, 0.5) is 5.00 Å². The zero-order valence-corrected chi connectivity index (χ0v) is 13.6. The van der Waals surface area contributed by atoms with Crippen molar-refractivity contribution >= 4 is 28.2 Å². The average Bonchev–Trinajstić information content (AvgIpc) is 2.74. The number of esters is 1. The second kappa shape index (κ2) is 7.04. The first kappa shape index (κ1) is 16.0. The lowest BCUT2D eigenvalue weighted by molar-refractivity contribution is -0.117. The molecule has 0 bridgehead atoms. The summed E-state index contributed by atoms with van der Waals surface area (Å²) in [7, 11) is 1.36. The monoisotopic (exact) mass is 310 g/mol. The number of piperidine rings is 1. The van der Waals surface area contributed by atoms with Crippen molar-refractivity contribution in [2.24, 2.45) is 5.92 Å². The number of hydrogen-bond acceptors (Lipinski definition) is 5. The highest BCUT2D eigenvalue weighted by atomic mass is 32.1. The van der Waals surface area contributed by atoms with Gasteiger partial charge < -0.3 is 15.4 Å². The van der Waals surface area contributed by atoms with Gasteiger partial charge in [0.15, 0.2) is 0 Å². The molecule has 1 aromatic rings. The van der Waals surface area contributed by atoms with E-state index in [-0.39, 0.29) is 5.91 Å². The van der Waals surface area contributed by atoms with E-state index in [1.165, 1.54) is 18.4 Å². The van der Waals surface area contributed by atoms with Crippen molar-refractivity contribution in [2.75, 3.05) is 25.5 Å². The summed E-state index contributed by atoms with van der Waals surface area (Å²) < 4.78 is 4.81. The third kappa shape index (κ3) is 3.83. The van der Waals surface area contributed by atoms with Gasteiger partial charge in [-0.1, -0.05) is 0 Å². The van der Waals surface area contributed by atoms with Crippen LogP contribution >= 0.6 is 11.3 Å². The molecule has 21 heavy (non-hydrogen) atoms. The van der Waals surface area contributed by atoms with Crippen LogP contribution in [0.2, 0.25) is 0 Å². The average molecular weight is 310 g/mol. The summed E-state index contributed by atoms with van der Waals surface area (Å²) in [5.74, 6) is -0.0518. The molecule has 0 aromatic carbocycles. The fraction of sp³-hybridized carbons (Fsp3) is 0.600. The Kier molecular flexibility index (Phi) is 5.36. The van der Waals surface area contributed by atoms with Crippen LogP contribution in [0.5, 0.6) is 0 Å². The molecule has 1 aromatic heterocycles. The molecule has 1 aliphatic heterocycles. The summed E-state index contributed by atoms with van der Waals surface area (Å²) in [5, 5.41) is 6.79. The van der Waals surface area contributed by atoms with Crippen molar-refractivity contribution in [3.8, 4) is 0 Å². The predicted molar refractivity (Wildman–Crippen MR) is 84.0 cm³/mol. The van der Waals surface area contributed by atoms with Gasteiger partial charge in [-0.05, 0) is 51.3 Å². The minimum Gasteiger partial charge on any atom is -0.465 e. The second-order valence-corrected chi connectivity index (χ2v) is 6.67. The molecule has 1 unspecified atom stereocenters. The highest BCUT2D eigenvalue weighted by Crippen LogP contribution is 2.33. The normalized spacial score (nSPS) is 18.3. The highest BCUT2D eigenvalue weighted by molar-refractivity contribution is 7.16. The van der Waals surface area contributed by atoms with Crippen molar-refractivity contribution in [1.29, 1.82) is 0 Å². The standard InChI is InChI=1S/C15H22N2O3S/c1-9-10(2)21-14(13(9)15(19)20-3)17-12(18)7-11-5-4-6-16-8-11/h11,16H,4-8H2,1-3H3,(H,17,18). The van der Waals surface area contributed by atoms with Crippen molar-refractivity contribution in [3.05, 3.63) is 16.0 Å². The van der Waals surface area contributed by atoms with Crippen molar-refractivity contribution in [2.45, 2.75) is 33.1 Å². The molecule has 0 spiro atoms. The van der Waals surface area contributed by atoms with E-state index in [2.05, 4.69) is 10.6 Å². The number of carbonyl (C=O) groups excluding carboxylic acids is 2. The number of thiophene rings is 1. The van der Waals surface area contributed by atoms with Gasteiger partial charge in [-0.25, -0.2) is 4.79 Å². The summed E-state index contributed by atoms with van der Waals surface area (Å²) in [6.07, 6.45) is 2.68. The van der Waals surface area contributed by atoms with Gasteiger partial charge in [0, 0.05) is 11.3 Å². The van der Waals surface area contributed by atoms with E-state index in [4.69, 9.17) is 4.74 Å². The first-order valence-corrected chi connectivity index (χ1v) is 8.03. The maximum absolute atomic E-state index is 12.2. The van der Waals surface area contributed by atoms with Crippen molar-refractivity contribution in [1.82, 2.24) is 5.32 Å². The molecule has 0 saturated carbocycles. The molecule has 0 aliphatic carbocycles. The number of nitrogens with one attached hydrogen (secondary N) is 2. The summed E-state index contributed by atoms with van der Waals surface area (Å²) >= 11 is 1.43. The van der Waals surface area contributed by atoms with E-state index in [9.17, 15) is 9.59 Å². The molecule has 0 radical (unpaired) electrons. The molecule has 116 valence electrons. The summed E-state index contributed by atoms with van der Waals surface area (Å²) in [5.41, 5.74) is 1.36. The van der Waals surface area contributed by atoms with Crippen LogP contribution in [0.15, 0.2) is 0 Å². The van der Waals surface area contributed by atoms with Crippen molar-refractivity contribution < 1.29 is 14.3 Å². The Hall–Kier alpha value is -1.40. The minimum atomic E-state index is -0.397. The lowest BCUT2D eigenvalue weighted by Gasteiger charge is -2.22. The van der Waals surface area contributed by atoms with Gasteiger partial charge in [-0.3, -0.25) is 4.79 Å². The lowest BCUT2D eigenvalue weighted by Crippen LogP contribution is -2.32. The first-order chi connectivity index (χ1) is 10.0. The minimum absolute atomic E-state index is 0.0323. The van der Waals surface area contributed by atoms with Crippen LogP contribution in [-0.2, 0) is 9.53 Å². The smallest absolute Gasteiger partial charge is 0.341 e. The second-order valence-electron chi connectivity index (χ2n) is 5.44. The van der Waals surface area contributed by atoms with Gasteiger partial charge in [-0.15, -0.1) is 11.3 Å². The van der Waals surface area contributed by atoms with Crippen molar-refractivity contribution in [3.63, 3.8) is 0 Å². The Morgan fingerprint density at radius 3 is 2.81 bits per heavy atom. The van der Waals surface area contributed by atoms with Crippen LogP contribution in [-0.4, -0.2) is 32.1 Å². The van der Waals surface area contributed by atoms with Gasteiger partial charge >= 0.3 is 5.97 Å². The first-order valence-electron chi connectivity index (χ1n) is 7.21. The Balaban J connectivity index is 2.06. The fourth-order valence-electron chi connectivity index (χ4n) is 2.60. The van der Waals surface area contributed by atoms with E-state index >= 15 is 0 Å². The number of aryl methyl sites for hydroxylation is 1. The Morgan fingerprint density at radius 2 is 2.19 bits per heavy atom. The maximum Gasteiger partial charge on any atom is 0.341 e. The molecule has 1 fully saturated rings. The number of methoxy groups -OCH3 is 1. The van der Waals surface area contributed by atoms with Crippen LogP contribution in [0, 0.1) is 19.8 Å². The van der Waals surface area contributed by atoms with Crippen LogP contribution in [0.1, 0.15) is 40.1 Å². The van der Waals surface area contributed by atoms with E-state index in [1.54, 1.807) is 0 Å². The fourth-order valence-corrected chi connectivity index (χ4v) is 3.67. The molecule has 1 saturated heterocycles. The number of anilines is 1. The number of hydrogen-bond donors (Lipinski definition) is 2. The van der Waals surface area contributed by atoms with Crippen LogP contribution in [0.3, 0.4) is 0 Å². The quantitative estimate of drug-likeness (QED) is 0.838. The van der Waals surface area contributed by atoms with Gasteiger partial charge in [0.05, 0.1) is 12.7 Å². The molecule has 2 N–H and O–H groups in total. The van der Waals surface area contributed by atoms with E-state index < -0.39 is 5.97 Å². The third-order valence-electron chi connectivity index (χ3n) is 3.90. The van der Waals surface area contributed by atoms with Crippen LogP contribution < -0.4 is 10.6 Å². The largest absolute Gasteiger partial charge is 0.465 e. The third-order valence-corrected chi connectivity index (χ3v) is 5.02. The van der Waals surface area contributed by atoms with Gasteiger partial charge in [0.25, 0.3) is 0 Å². The molecule has 2 heterocycles. The highest BCUT2D eigenvalue weighted by Gasteiger charge is 2.23. The topological polar surface area (TPSA) is 67.4 Å². The van der Waals surface area contributed by atoms with E-state index in [0.717, 1.165) is 36.4 Å². The summed E-state index contributed by atoms with van der Waals surface area (Å²) in [4.78, 5) is 25.1. The SMILES string of the molecule is COC(=O)c1c(NC(=O)CC2CCCNC2)sc(C)c1C. The predicted octanol–water partition coefficient (Wildman–Crippen LogP) is 2.48. The van der Waals surface area contributed by atoms with E-state index in [1.807, 2.05) is 13.8 Å². The lowest BCUT2D eigenvalue weighted by atomic mass is 9.96. The molecule has 1 amide bonds. The number of rotatable bonds is 4. The number of carbonyl (C=O) groups is 2. The van der Waals surface area contributed by atoms with E-state index in [0.29, 0.717) is 22.9 Å². The van der Waals surface area contributed by atoms with Gasteiger partial charge in [0.2, 0.25) is 5.91 Å². The molecule has 5 nitrogen and oxygen atoms in total. The molecule has 2 rings (SSSR count). The molecule has 1 aliphatic rings. The summed E-state index contributed by atoms with van der Waals surface area (Å²) in [6, 6.07) is 0. The number of ether oxygens (including phenoxy) is 1. The Bertz CT molecular complexity index is 533. The summed E-state index contributed by atoms with van der Waals surface area (Å²) in [6.45, 7) is 5.74. The number of amides is 1. The van der Waals surface area contributed by atoms with Gasteiger partial charge in [-0.2, -0.15) is 0 Å². The Labute approximate surface area is 129 Å².